The Morgan fingerprint density at radius 1 is 1.11 bits per heavy atom. The van der Waals surface area contributed by atoms with Crippen LogP contribution in [-0.2, 0) is 20.9 Å². The first-order chi connectivity index (χ1) is 13.4. The molecule has 1 heterocycles. The topological polar surface area (TPSA) is 84.9 Å². The number of benzene rings is 2. The normalized spacial score (nSPS) is 15.8. The molecular weight excluding hydrogens is 358 g/mol. The van der Waals surface area contributed by atoms with Gasteiger partial charge in [-0.05, 0) is 36.6 Å². The van der Waals surface area contributed by atoms with Crippen molar-refractivity contribution in [3.8, 4) is 0 Å². The van der Waals surface area contributed by atoms with Crippen LogP contribution in [0.1, 0.15) is 39.9 Å². The smallest absolute Gasteiger partial charge is 0.336 e. The average molecular weight is 383 g/mol. The summed E-state index contributed by atoms with van der Waals surface area (Å²) in [6.45, 7) is 4.78. The van der Waals surface area contributed by atoms with E-state index in [0.29, 0.717) is 43.9 Å². The minimum Gasteiger partial charge on any atom is -0.478 e. The van der Waals surface area contributed by atoms with Crippen LogP contribution in [0.2, 0.25) is 0 Å². The second kappa shape index (κ2) is 8.54. The van der Waals surface area contributed by atoms with E-state index in [1.807, 2.05) is 37.3 Å². The number of aromatic carboxylic acids is 1. The van der Waals surface area contributed by atoms with Gasteiger partial charge in [0.15, 0.2) is 5.60 Å². The van der Waals surface area contributed by atoms with Crippen LogP contribution in [0.25, 0.3) is 0 Å². The number of ether oxygens (including phenoxy) is 2. The summed E-state index contributed by atoms with van der Waals surface area (Å²) >= 11 is 0. The first kappa shape index (κ1) is 20.0. The van der Waals surface area contributed by atoms with Crippen LogP contribution in [0.5, 0.6) is 0 Å². The van der Waals surface area contributed by atoms with Crippen molar-refractivity contribution < 1.29 is 24.2 Å². The summed E-state index contributed by atoms with van der Waals surface area (Å²) in [5.74, 6) is -1.29. The molecule has 6 nitrogen and oxygen atoms in total. The van der Waals surface area contributed by atoms with Crippen molar-refractivity contribution in [1.29, 1.82) is 0 Å². The van der Waals surface area contributed by atoms with Crippen molar-refractivity contribution in [2.75, 3.05) is 18.5 Å². The molecule has 28 heavy (non-hydrogen) atoms. The summed E-state index contributed by atoms with van der Waals surface area (Å²) in [7, 11) is 0. The number of rotatable bonds is 6. The molecule has 2 N–H and O–H groups in total. The van der Waals surface area contributed by atoms with Crippen LogP contribution < -0.4 is 5.32 Å². The highest BCUT2D eigenvalue weighted by Gasteiger charge is 2.41. The Kier molecular flexibility index (Phi) is 6.11. The van der Waals surface area contributed by atoms with Gasteiger partial charge >= 0.3 is 5.97 Å². The molecule has 0 saturated carbocycles. The lowest BCUT2D eigenvalue weighted by atomic mass is 9.92. The summed E-state index contributed by atoms with van der Waals surface area (Å²) in [5, 5.41) is 12.3. The number of anilines is 1. The average Bonchev–Trinajstić information content (AvgIpc) is 2.69. The molecule has 2 aromatic carbocycles. The van der Waals surface area contributed by atoms with E-state index in [2.05, 4.69) is 5.32 Å². The van der Waals surface area contributed by atoms with Gasteiger partial charge in [-0.2, -0.15) is 0 Å². The molecule has 0 aliphatic carbocycles. The fourth-order valence-electron chi connectivity index (χ4n) is 3.39. The van der Waals surface area contributed by atoms with E-state index in [1.165, 1.54) is 6.07 Å². The zero-order valence-electron chi connectivity index (χ0n) is 16.2. The maximum absolute atomic E-state index is 13.2. The number of carboxylic acids is 1. The van der Waals surface area contributed by atoms with Crippen LogP contribution in [0.4, 0.5) is 5.69 Å². The number of amides is 1. The number of carboxylic acid groups (broad SMARTS) is 1. The lowest BCUT2D eigenvalue weighted by Gasteiger charge is -2.36. The molecule has 0 bridgehead atoms. The van der Waals surface area contributed by atoms with Crippen LogP contribution in [-0.4, -0.2) is 35.8 Å². The van der Waals surface area contributed by atoms with Gasteiger partial charge in [-0.3, -0.25) is 4.79 Å². The highest BCUT2D eigenvalue weighted by Crippen LogP contribution is 2.30. The van der Waals surface area contributed by atoms with Gasteiger partial charge in [0, 0.05) is 31.7 Å². The van der Waals surface area contributed by atoms with Gasteiger partial charge in [-0.25, -0.2) is 4.79 Å². The van der Waals surface area contributed by atoms with Crippen molar-refractivity contribution in [1.82, 2.24) is 0 Å². The quantitative estimate of drug-likeness (QED) is 0.794. The highest BCUT2D eigenvalue weighted by molar-refractivity contribution is 5.99. The molecule has 1 aliphatic heterocycles. The highest BCUT2D eigenvalue weighted by atomic mass is 16.5. The van der Waals surface area contributed by atoms with Gasteiger partial charge in [-0.15, -0.1) is 0 Å². The molecule has 0 spiro atoms. The Morgan fingerprint density at radius 3 is 2.43 bits per heavy atom. The lowest BCUT2D eigenvalue weighted by Crippen LogP contribution is -2.49. The third-order valence-corrected chi connectivity index (χ3v) is 5.12. The largest absolute Gasteiger partial charge is 0.478 e. The summed E-state index contributed by atoms with van der Waals surface area (Å²) in [6, 6.07) is 13.0. The Labute approximate surface area is 164 Å². The van der Waals surface area contributed by atoms with E-state index in [9.17, 15) is 14.7 Å². The van der Waals surface area contributed by atoms with Crippen LogP contribution in [0.3, 0.4) is 0 Å². The third kappa shape index (κ3) is 4.40. The summed E-state index contributed by atoms with van der Waals surface area (Å²) in [4.78, 5) is 24.6. The van der Waals surface area contributed by atoms with E-state index < -0.39 is 11.6 Å². The van der Waals surface area contributed by atoms with E-state index in [-0.39, 0.29) is 11.5 Å². The molecule has 6 heteroatoms. The third-order valence-electron chi connectivity index (χ3n) is 5.12. The number of carbonyl (C=O) groups excluding carboxylic acids is 1. The molecular formula is C22H25NO5. The van der Waals surface area contributed by atoms with E-state index >= 15 is 0 Å². The monoisotopic (exact) mass is 383 g/mol. The summed E-state index contributed by atoms with van der Waals surface area (Å²) in [5.41, 5.74) is 2.11. The molecule has 1 saturated heterocycles. The summed E-state index contributed by atoms with van der Waals surface area (Å²) < 4.78 is 11.6. The first-order valence-corrected chi connectivity index (χ1v) is 9.33. The van der Waals surface area contributed by atoms with Crippen LogP contribution in [0.15, 0.2) is 42.5 Å². The fourth-order valence-corrected chi connectivity index (χ4v) is 3.39. The molecule has 1 fully saturated rings. The van der Waals surface area contributed by atoms with Gasteiger partial charge in [0.05, 0.1) is 12.2 Å². The fraction of sp³-hybridized carbons (Fsp3) is 0.364. The molecule has 0 aromatic heterocycles. The second-order valence-corrected chi connectivity index (χ2v) is 7.12. The molecule has 148 valence electrons. The molecule has 1 aliphatic rings. The predicted molar refractivity (Wildman–Crippen MR) is 106 cm³/mol. The number of hydrogen-bond acceptors (Lipinski definition) is 4. The van der Waals surface area contributed by atoms with Crippen molar-refractivity contribution in [3.05, 3.63) is 64.7 Å². The number of carbonyl (C=O) groups is 2. The molecule has 1 amide bonds. The van der Waals surface area contributed by atoms with Crippen molar-refractivity contribution >= 4 is 17.6 Å². The van der Waals surface area contributed by atoms with Crippen LogP contribution in [0, 0.1) is 13.8 Å². The zero-order valence-corrected chi connectivity index (χ0v) is 16.2. The lowest BCUT2D eigenvalue weighted by molar-refractivity contribution is -0.158. The van der Waals surface area contributed by atoms with Gasteiger partial charge < -0.3 is 19.9 Å². The molecule has 0 unspecified atom stereocenters. The minimum atomic E-state index is -1.02. The Morgan fingerprint density at radius 2 is 1.79 bits per heavy atom. The van der Waals surface area contributed by atoms with Gasteiger partial charge in [-0.1, -0.05) is 36.4 Å². The van der Waals surface area contributed by atoms with Gasteiger partial charge in [0.1, 0.15) is 0 Å². The second-order valence-electron chi connectivity index (χ2n) is 7.12. The van der Waals surface area contributed by atoms with Gasteiger partial charge in [0.2, 0.25) is 0 Å². The maximum Gasteiger partial charge on any atom is 0.336 e. The molecule has 2 aromatic rings. The van der Waals surface area contributed by atoms with Crippen LogP contribution >= 0.6 is 0 Å². The minimum absolute atomic E-state index is 0.173. The van der Waals surface area contributed by atoms with Gasteiger partial charge in [0.25, 0.3) is 5.91 Å². The van der Waals surface area contributed by atoms with E-state index in [0.717, 1.165) is 11.1 Å². The number of aryl methyl sites for hydroxylation is 2. The van der Waals surface area contributed by atoms with E-state index in [4.69, 9.17) is 9.47 Å². The first-order valence-electron chi connectivity index (χ1n) is 9.33. The number of nitrogens with one attached hydrogen (secondary N) is 1. The van der Waals surface area contributed by atoms with Crippen molar-refractivity contribution in [3.63, 3.8) is 0 Å². The Bertz CT molecular complexity index is 857. The zero-order chi connectivity index (χ0) is 20.1. The number of hydrogen-bond donors (Lipinski definition) is 2. The molecule has 0 radical (unpaired) electrons. The predicted octanol–water partition coefficient (Wildman–Crippen LogP) is 3.71. The maximum atomic E-state index is 13.2. The van der Waals surface area contributed by atoms with Crippen molar-refractivity contribution in [2.45, 2.75) is 38.9 Å². The van der Waals surface area contributed by atoms with Crippen molar-refractivity contribution in [2.24, 2.45) is 0 Å². The standard InChI is InChI=1S/C22H25NO5/c1-15-12-16(2)19(13-18(15)20(24)25)23-21(26)22(8-10-27-11-9-22)28-14-17-6-4-3-5-7-17/h3-7,12-13H,8-11,14H2,1-2H3,(H,23,26)(H,24,25). The molecule has 0 atom stereocenters. The summed E-state index contributed by atoms with van der Waals surface area (Å²) in [6.07, 6.45) is 0.894. The SMILES string of the molecule is Cc1cc(C)c(C(=O)O)cc1NC(=O)C1(OCc2ccccc2)CCOCC1. The molecule has 3 rings (SSSR count). The van der Waals surface area contributed by atoms with E-state index in [1.54, 1.807) is 13.0 Å². The Balaban J connectivity index is 1.82. The Hall–Kier alpha value is -2.70.